The van der Waals surface area contributed by atoms with Crippen molar-refractivity contribution in [3.63, 3.8) is 0 Å². The third-order valence-electron chi connectivity index (χ3n) is 11.9. The first kappa shape index (κ1) is 35.2. The molecule has 1 aliphatic carbocycles. The van der Waals surface area contributed by atoms with Crippen molar-refractivity contribution in [3.05, 3.63) is 236 Å². The van der Waals surface area contributed by atoms with Crippen molar-refractivity contribution >= 4 is 17.1 Å². The van der Waals surface area contributed by atoms with Gasteiger partial charge in [-0.25, -0.2) is 0 Å². The lowest BCUT2D eigenvalue weighted by atomic mass is 9.82. The molecule has 0 saturated heterocycles. The molecule has 1 nitrogen and oxygen atoms in total. The minimum Gasteiger partial charge on any atom is -0.309 e. The summed E-state index contributed by atoms with van der Waals surface area (Å²) >= 11 is 0. The van der Waals surface area contributed by atoms with Crippen LogP contribution in [0.5, 0.6) is 0 Å². The fourth-order valence-corrected chi connectivity index (χ4v) is 8.96. The minimum atomic E-state index is -0.0930. The van der Waals surface area contributed by atoms with Crippen LogP contribution < -0.4 is 4.90 Å². The van der Waals surface area contributed by atoms with Gasteiger partial charge in [0.05, 0.1) is 11.4 Å². The predicted molar refractivity (Wildman–Crippen MR) is 246 cm³/mol. The zero-order valence-corrected chi connectivity index (χ0v) is 32.8. The van der Waals surface area contributed by atoms with Crippen LogP contribution in [-0.2, 0) is 5.41 Å². The van der Waals surface area contributed by atoms with Gasteiger partial charge in [-0.3, -0.25) is 0 Å². The number of hydrogen-bond acceptors (Lipinski definition) is 1. The van der Waals surface area contributed by atoms with Crippen molar-refractivity contribution < 1.29 is 0 Å². The summed E-state index contributed by atoms with van der Waals surface area (Å²) in [5.41, 5.74) is 20.7. The first-order valence-corrected chi connectivity index (χ1v) is 20.2. The number of fused-ring (bicyclic) bond motifs is 3. The second-order valence-electron chi connectivity index (χ2n) is 15.7. The molecule has 9 aromatic rings. The van der Waals surface area contributed by atoms with E-state index in [1.54, 1.807) is 0 Å². The highest BCUT2D eigenvalue weighted by molar-refractivity contribution is 5.99. The Hall–Kier alpha value is -7.22. The molecule has 0 amide bonds. The molecule has 0 fully saturated rings. The lowest BCUT2D eigenvalue weighted by Crippen LogP contribution is -2.15. The van der Waals surface area contributed by atoms with E-state index in [-0.39, 0.29) is 5.41 Å². The van der Waals surface area contributed by atoms with Gasteiger partial charge in [0, 0.05) is 22.2 Å². The molecule has 10 rings (SSSR count). The van der Waals surface area contributed by atoms with Crippen LogP contribution in [-0.4, -0.2) is 0 Å². The molecule has 0 N–H and O–H groups in total. The lowest BCUT2D eigenvalue weighted by molar-refractivity contribution is 0.660. The van der Waals surface area contributed by atoms with E-state index in [1.165, 1.54) is 77.9 Å². The Balaban J connectivity index is 1.12. The second kappa shape index (κ2) is 14.7. The molecule has 0 radical (unpaired) electrons. The SMILES string of the molecule is CC1(C)c2ccccc2-c2c(-c3ccccc3N(c3ccc(-c4ccc(-c5ccccc5)cc4)cc3)c3ccccc3-c3ccc(-c4ccccc4)cc3)cccc21. The van der Waals surface area contributed by atoms with Gasteiger partial charge in [-0.15, -0.1) is 0 Å². The van der Waals surface area contributed by atoms with Gasteiger partial charge in [-0.05, 0) is 91.0 Å². The number of nitrogens with zero attached hydrogens (tertiary/aromatic N) is 1. The van der Waals surface area contributed by atoms with Crippen molar-refractivity contribution in [1.29, 1.82) is 0 Å². The maximum Gasteiger partial charge on any atom is 0.0540 e. The van der Waals surface area contributed by atoms with Crippen LogP contribution in [0.25, 0.3) is 66.8 Å². The van der Waals surface area contributed by atoms with Gasteiger partial charge in [0.15, 0.2) is 0 Å². The van der Waals surface area contributed by atoms with Gasteiger partial charge in [-0.1, -0.05) is 214 Å². The molecule has 0 atom stereocenters. The quantitative estimate of drug-likeness (QED) is 0.150. The van der Waals surface area contributed by atoms with Crippen LogP contribution >= 0.6 is 0 Å². The molecule has 9 aromatic carbocycles. The standard InChI is InChI=1S/C57H43N/c1-57(2)52-24-12-9-22-51(52)56-50(23-15-25-53(56)57)49-21-11-14-27-55(49)58(47-38-36-45(37-39-47)44-30-28-42(29-31-44)40-16-5-3-6-17-40)54-26-13-10-20-48(54)46-34-32-43(33-35-46)41-18-7-4-8-19-41/h3-39H,1-2H3. The largest absolute Gasteiger partial charge is 0.309 e. The Morgan fingerprint density at radius 1 is 0.276 bits per heavy atom. The van der Waals surface area contributed by atoms with Crippen LogP contribution in [0, 0.1) is 0 Å². The molecular weight excluding hydrogens is 699 g/mol. The van der Waals surface area contributed by atoms with Gasteiger partial charge in [-0.2, -0.15) is 0 Å². The normalized spacial score (nSPS) is 12.4. The Morgan fingerprint density at radius 2 is 0.655 bits per heavy atom. The zero-order chi connectivity index (χ0) is 39.1. The van der Waals surface area contributed by atoms with Crippen molar-refractivity contribution in [1.82, 2.24) is 0 Å². The summed E-state index contributed by atoms with van der Waals surface area (Å²) in [6, 6.07) is 81.7. The average molecular weight is 742 g/mol. The van der Waals surface area contributed by atoms with Crippen LogP contribution in [0.4, 0.5) is 17.1 Å². The maximum absolute atomic E-state index is 2.46. The molecule has 0 spiro atoms. The molecular formula is C57H43N. The van der Waals surface area contributed by atoms with Crippen LogP contribution in [0.15, 0.2) is 224 Å². The average Bonchev–Trinajstić information content (AvgIpc) is 3.54. The Labute approximate surface area is 342 Å². The zero-order valence-electron chi connectivity index (χ0n) is 32.8. The summed E-state index contributed by atoms with van der Waals surface area (Å²) < 4.78 is 0. The Bertz CT molecular complexity index is 2870. The van der Waals surface area contributed by atoms with E-state index < -0.39 is 0 Å². The lowest BCUT2D eigenvalue weighted by Gasteiger charge is -2.30. The van der Waals surface area contributed by atoms with Gasteiger partial charge in [0.1, 0.15) is 0 Å². The first-order valence-electron chi connectivity index (χ1n) is 20.2. The monoisotopic (exact) mass is 741 g/mol. The summed E-state index contributed by atoms with van der Waals surface area (Å²) in [6.45, 7) is 4.71. The van der Waals surface area contributed by atoms with Crippen LogP contribution in [0.3, 0.4) is 0 Å². The van der Waals surface area contributed by atoms with Gasteiger partial charge in [0.25, 0.3) is 0 Å². The maximum atomic E-state index is 2.46. The third kappa shape index (κ3) is 6.22. The minimum absolute atomic E-state index is 0.0930. The van der Waals surface area contributed by atoms with Gasteiger partial charge >= 0.3 is 0 Å². The van der Waals surface area contributed by atoms with Crippen molar-refractivity contribution in [2.75, 3.05) is 4.90 Å². The molecule has 0 unspecified atom stereocenters. The number of hydrogen-bond donors (Lipinski definition) is 0. The fraction of sp³-hybridized carbons (Fsp3) is 0.0526. The van der Waals surface area contributed by atoms with Crippen molar-refractivity contribution in [3.8, 4) is 66.8 Å². The van der Waals surface area contributed by atoms with Crippen molar-refractivity contribution in [2.45, 2.75) is 19.3 Å². The molecule has 0 saturated carbocycles. The summed E-state index contributed by atoms with van der Waals surface area (Å²) in [7, 11) is 0. The second-order valence-corrected chi connectivity index (χ2v) is 15.7. The summed E-state index contributed by atoms with van der Waals surface area (Å²) in [5, 5.41) is 0. The summed E-state index contributed by atoms with van der Waals surface area (Å²) in [4.78, 5) is 2.46. The molecule has 0 aliphatic heterocycles. The van der Waals surface area contributed by atoms with E-state index in [0.717, 1.165) is 17.1 Å². The van der Waals surface area contributed by atoms with E-state index in [4.69, 9.17) is 0 Å². The number of para-hydroxylation sites is 2. The Morgan fingerprint density at radius 3 is 1.22 bits per heavy atom. The summed E-state index contributed by atoms with van der Waals surface area (Å²) in [6.07, 6.45) is 0. The van der Waals surface area contributed by atoms with Gasteiger partial charge in [0.2, 0.25) is 0 Å². The molecule has 276 valence electrons. The molecule has 0 aromatic heterocycles. The highest BCUT2D eigenvalue weighted by atomic mass is 15.1. The predicted octanol–water partition coefficient (Wildman–Crippen LogP) is 15.8. The highest BCUT2D eigenvalue weighted by Gasteiger charge is 2.37. The smallest absolute Gasteiger partial charge is 0.0540 e. The molecule has 0 bridgehead atoms. The molecule has 1 aliphatic rings. The third-order valence-corrected chi connectivity index (χ3v) is 11.9. The van der Waals surface area contributed by atoms with Crippen LogP contribution in [0.1, 0.15) is 25.0 Å². The summed E-state index contributed by atoms with van der Waals surface area (Å²) in [5.74, 6) is 0. The number of rotatable bonds is 8. The number of benzene rings is 9. The first-order chi connectivity index (χ1) is 28.5. The van der Waals surface area contributed by atoms with Gasteiger partial charge < -0.3 is 4.90 Å². The molecule has 0 heterocycles. The topological polar surface area (TPSA) is 3.24 Å². The molecule has 1 heteroatoms. The van der Waals surface area contributed by atoms with E-state index in [2.05, 4.69) is 243 Å². The van der Waals surface area contributed by atoms with E-state index >= 15 is 0 Å². The fourth-order valence-electron chi connectivity index (χ4n) is 8.96. The van der Waals surface area contributed by atoms with E-state index in [0.29, 0.717) is 0 Å². The van der Waals surface area contributed by atoms with Crippen LogP contribution in [0.2, 0.25) is 0 Å². The van der Waals surface area contributed by atoms with E-state index in [9.17, 15) is 0 Å². The number of anilines is 3. The van der Waals surface area contributed by atoms with Crippen molar-refractivity contribution in [2.24, 2.45) is 0 Å². The highest BCUT2D eigenvalue weighted by Crippen LogP contribution is 2.54. The Kier molecular flexibility index (Phi) is 8.92. The van der Waals surface area contributed by atoms with E-state index in [1.807, 2.05) is 0 Å². The molecule has 58 heavy (non-hydrogen) atoms.